The number of nitrogens with one attached hydrogen (secondary N) is 1. The van der Waals surface area contributed by atoms with E-state index in [0.717, 1.165) is 5.69 Å². The number of carbonyl (C=O) groups excluding carboxylic acids is 1. The highest BCUT2D eigenvalue weighted by atomic mass is 16.5. The van der Waals surface area contributed by atoms with Crippen LogP contribution in [-0.4, -0.2) is 27.3 Å². The second kappa shape index (κ2) is 8.11. The van der Waals surface area contributed by atoms with Gasteiger partial charge in [0.1, 0.15) is 0 Å². The topological polar surface area (TPSA) is 92.8 Å². The predicted molar refractivity (Wildman–Crippen MR) is 89.8 cm³/mol. The quantitative estimate of drug-likeness (QED) is 0.789. The van der Waals surface area contributed by atoms with Gasteiger partial charge in [0.05, 0.1) is 12.7 Å². The van der Waals surface area contributed by atoms with Crippen molar-refractivity contribution in [2.24, 2.45) is 7.05 Å². The largest absolute Gasteiger partial charge is 0.490 e. The van der Waals surface area contributed by atoms with Crippen LogP contribution in [0.1, 0.15) is 48.8 Å². The number of anilines is 1. The third-order valence-corrected chi connectivity index (χ3v) is 3.43. The molecule has 24 heavy (non-hydrogen) atoms. The van der Waals surface area contributed by atoms with Crippen LogP contribution in [0, 0.1) is 11.3 Å². The van der Waals surface area contributed by atoms with E-state index in [1.807, 2.05) is 20.9 Å². The molecule has 0 fully saturated rings. The van der Waals surface area contributed by atoms with Gasteiger partial charge in [0.15, 0.2) is 17.3 Å². The summed E-state index contributed by atoms with van der Waals surface area (Å²) in [7, 11) is 1.82. The molecule has 1 amide bonds. The van der Waals surface area contributed by atoms with Crippen molar-refractivity contribution >= 4 is 11.7 Å². The molecule has 0 saturated carbocycles. The van der Waals surface area contributed by atoms with Gasteiger partial charge >= 0.3 is 0 Å². The van der Waals surface area contributed by atoms with Crippen molar-refractivity contribution in [3.63, 3.8) is 0 Å². The Morgan fingerprint density at radius 1 is 1.50 bits per heavy atom. The van der Waals surface area contributed by atoms with Crippen LogP contribution in [0.5, 0.6) is 5.75 Å². The molecule has 0 spiro atoms. The van der Waals surface area contributed by atoms with Crippen LogP contribution < -0.4 is 10.1 Å². The maximum absolute atomic E-state index is 12.4. The Morgan fingerprint density at radius 3 is 2.96 bits per heavy atom. The summed E-state index contributed by atoms with van der Waals surface area (Å²) in [5.41, 5.74) is 1.32. The Kier molecular flexibility index (Phi) is 5.90. The van der Waals surface area contributed by atoms with Crippen molar-refractivity contribution in [3.8, 4) is 11.8 Å². The van der Waals surface area contributed by atoms with E-state index in [1.165, 1.54) is 0 Å². The van der Waals surface area contributed by atoms with Crippen LogP contribution in [0.25, 0.3) is 0 Å². The van der Waals surface area contributed by atoms with Crippen molar-refractivity contribution in [1.82, 2.24) is 14.8 Å². The standard InChI is InChI=1S/C17H21N5O2/c1-12(2)14-11-13(21-22(14)3)17(23)20-16-15(7-6-9-19-16)24-10-5-4-8-18/h6-7,9,11-12H,4-5,10H2,1-3H3,(H,19,20,23). The lowest BCUT2D eigenvalue weighted by atomic mass is 10.1. The number of nitrogens with zero attached hydrogens (tertiary/aromatic N) is 4. The number of aryl methyl sites for hydroxylation is 1. The van der Waals surface area contributed by atoms with Crippen LogP contribution in [0.3, 0.4) is 0 Å². The molecular weight excluding hydrogens is 306 g/mol. The van der Waals surface area contributed by atoms with Gasteiger partial charge in [-0.05, 0) is 30.5 Å². The number of ether oxygens (including phenoxy) is 1. The lowest BCUT2D eigenvalue weighted by Gasteiger charge is -2.10. The Hall–Kier alpha value is -2.88. The number of rotatable bonds is 7. The molecule has 0 aliphatic heterocycles. The molecule has 0 bridgehead atoms. The zero-order valence-electron chi connectivity index (χ0n) is 14.1. The fourth-order valence-electron chi connectivity index (χ4n) is 2.24. The summed E-state index contributed by atoms with van der Waals surface area (Å²) < 4.78 is 7.29. The van der Waals surface area contributed by atoms with Gasteiger partial charge in [0.2, 0.25) is 0 Å². The Labute approximate surface area is 141 Å². The van der Waals surface area contributed by atoms with Gasteiger partial charge in [-0.3, -0.25) is 9.48 Å². The van der Waals surface area contributed by atoms with E-state index in [9.17, 15) is 4.79 Å². The molecule has 0 radical (unpaired) electrons. The first-order valence-electron chi connectivity index (χ1n) is 7.83. The number of unbranched alkanes of at least 4 members (excludes halogenated alkanes) is 1. The van der Waals surface area contributed by atoms with Crippen LogP contribution >= 0.6 is 0 Å². The fourth-order valence-corrected chi connectivity index (χ4v) is 2.24. The number of hydrogen-bond donors (Lipinski definition) is 1. The highest BCUT2D eigenvalue weighted by Crippen LogP contribution is 2.22. The van der Waals surface area contributed by atoms with Gasteiger partial charge < -0.3 is 10.1 Å². The highest BCUT2D eigenvalue weighted by molar-refractivity contribution is 6.03. The summed E-state index contributed by atoms with van der Waals surface area (Å²) in [5.74, 6) is 0.760. The Balaban J connectivity index is 2.09. The van der Waals surface area contributed by atoms with Crippen molar-refractivity contribution in [2.45, 2.75) is 32.6 Å². The summed E-state index contributed by atoms with van der Waals surface area (Å²) in [4.78, 5) is 16.6. The van der Waals surface area contributed by atoms with E-state index in [-0.39, 0.29) is 11.8 Å². The maximum atomic E-state index is 12.4. The molecule has 0 atom stereocenters. The first-order chi connectivity index (χ1) is 11.5. The molecule has 7 nitrogen and oxygen atoms in total. The van der Waals surface area contributed by atoms with Gasteiger partial charge in [0, 0.05) is 25.4 Å². The molecule has 0 aromatic carbocycles. The SMILES string of the molecule is CC(C)c1cc(C(=O)Nc2ncccc2OCCCC#N)nn1C. The van der Waals surface area contributed by atoms with E-state index >= 15 is 0 Å². The summed E-state index contributed by atoms with van der Waals surface area (Å²) in [6, 6.07) is 7.30. The van der Waals surface area contributed by atoms with Crippen molar-refractivity contribution < 1.29 is 9.53 Å². The molecule has 0 unspecified atom stereocenters. The van der Waals surface area contributed by atoms with Crippen molar-refractivity contribution in [2.75, 3.05) is 11.9 Å². The summed E-state index contributed by atoms with van der Waals surface area (Å²) in [6.45, 7) is 4.48. The minimum Gasteiger partial charge on any atom is -0.490 e. The van der Waals surface area contributed by atoms with Crippen LogP contribution in [-0.2, 0) is 7.05 Å². The maximum Gasteiger partial charge on any atom is 0.277 e. The third kappa shape index (κ3) is 4.32. The molecule has 2 heterocycles. The number of pyridine rings is 1. The summed E-state index contributed by atoms with van der Waals surface area (Å²) in [5, 5.41) is 15.5. The molecule has 1 N–H and O–H groups in total. The number of hydrogen-bond acceptors (Lipinski definition) is 5. The lowest BCUT2D eigenvalue weighted by Crippen LogP contribution is -2.15. The van der Waals surface area contributed by atoms with Gasteiger partial charge in [-0.2, -0.15) is 10.4 Å². The third-order valence-electron chi connectivity index (χ3n) is 3.43. The molecule has 7 heteroatoms. The first kappa shape index (κ1) is 17.5. The van der Waals surface area contributed by atoms with Crippen LogP contribution in [0.2, 0.25) is 0 Å². The Morgan fingerprint density at radius 2 is 2.29 bits per heavy atom. The number of nitriles is 1. The number of carbonyl (C=O) groups is 1. The van der Waals surface area contributed by atoms with E-state index in [1.54, 1.807) is 29.1 Å². The van der Waals surface area contributed by atoms with Crippen LogP contribution in [0.15, 0.2) is 24.4 Å². The molecule has 0 aliphatic rings. The molecule has 2 rings (SSSR count). The molecule has 0 saturated heterocycles. The fraction of sp³-hybridized carbons (Fsp3) is 0.412. The normalized spacial score (nSPS) is 10.5. The zero-order valence-corrected chi connectivity index (χ0v) is 14.1. The van der Waals surface area contributed by atoms with E-state index in [0.29, 0.717) is 36.7 Å². The minimum atomic E-state index is -0.335. The number of aromatic nitrogens is 3. The van der Waals surface area contributed by atoms with E-state index < -0.39 is 0 Å². The Bertz CT molecular complexity index is 746. The van der Waals surface area contributed by atoms with E-state index in [2.05, 4.69) is 21.5 Å². The molecule has 2 aromatic heterocycles. The second-order valence-corrected chi connectivity index (χ2v) is 5.65. The predicted octanol–water partition coefficient (Wildman–Crippen LogP) is 2.87. The highest BCUT2D eigenvalue weighted by Gasteiger charge is 2.16. The summed E-state index contributed by atoms with van der Waals surface area (Å²) >= 11 is 0. The van der Waals surface area contributed by atoms with Gasteiger partial charge in [-0.25, -0.2) is 4.98 Å². The van der Waals surface area contributed by atoms with Gasteiger partial charge in [0.25, 0.3) is 5.91 Å². The molecule has 126 valence electrons. The smallest absolute Gasteiger partial charge is 0.277 e. The van der Waals surface area contributed by atoms with E-state index in [4.69, 9.17) is 10.00 Å². The minimum absolute atomic E-state index is 0.276. The summed E-state index contributed by atoms with van der Waals surface area (Å²) in [6.07, 6.45) is 2.63. The molecule has 0 aliphatic carbocycles. The first-order valence-corrected chi connectivity index (χ1v) is 7.83. The van der Waals surface area contributed by atoms with Crippen LogP contribution in [0.4, 0.5) is 5.82 Å². The van der Waals surface area contributed by atoms with Gasteiger partial charge in [-0.1, -0.05) is 13.8 Å². The second-order valence-electron chi connectivity index (χ2n) is 5.65. The average molecular weight is 327 g/mol. The lowest BCUT2D eigenvalue weighted by molar-refractivity contribution is 0.102. The monoisotopic (exact) mass is 327 g/mol. The van der Waals surface area contributed by atoms with Crippen molar-refractivity contribution in [3.05, 3.63) is 35.8 Å². The zero-order chi connectivity index (χ0) is 17.5. The van der Waals surface area contributed by atoms with Gasteiger partial charge in [-0.15, -0.1) is 0 Å². The van der Waals surface area contributed by atoms with Crippen molar-refractivity contribution in [1.29, 1.82) is 5.26 Å². The molecule has 2 aromatic rings. The number of amides is 1. The molecular formula is C17H21N5O2. The average Bonchev–Trinajstić information content (AvgIpc) is 2.95.